The number of hydrogen-bond acceptors (Lipinski definition) is 15. The number of carbonyl (C=O) groups excluding carboxylic acids is 3. The maximum absolute atomic E-state index is 13.2. The molecule has 6 N–H and O–H groups in total. The maximum Gasteiger partial charge on any atom is 0.339 e. The lowest BCUT2D eigenvalue weighted by Crippen LogP contribution is -2.68. The van der Waals surface area contributed by atoms with Crippen molar-refractivity contribution in [3.63, 3.8) is 0 Å². The number of ether oxygens (including phenoxy) is 3. The zero-order chi connectivity index (χ0) is 41.3. The summed E-state index contributed by atoms with van der Waals surface area (Å²) in [4.78, 5) is 106. The van der Waals surface area contributed by atoms with E-state index in [0.717, 1.165) is 0 Å². The van der Waals surface area contributed by atoms with Gasteiger partial charge in [-0.05, 0) is 19.3 Å². The Morgan fingerprint density at radius 3 is 0.870 bits per heavy atom. The molecule has 0 aromatic heterocycles. The third kappa shape index (κ3) is 18.7. The topological polar surface area (TPSA) is 330 Å². The number of esters is 3. The van der Waals surface area contributed by atoms with Crippen molar-refractivity contribution in [2.75, 3.05) is 18.5 Å². The summed E-state index contributed by atoms with van der Waals surface area (Å²) in [6, 6.07) is 0. The minimum atomic E-state index is -5.53. The molecule has 1 aliphatic carbocycles. The summed E-state index contributed by atoms with van der Waals surface area (Å²) in [6.45, 7) is 5.43. The van der Waals surface area contributed by atoms with Crippen LogP contribution in [0.2, 0.25) is 0 Å². The fraction of sp³-hybridized carbons (Fsp3) is 0.800. The van der Waals surface area contributed by atoms with Crippen LogP contribution in [-0.2, 0) is 70.2 Å². The summed E-state index contributed by atoms with van der Waals surface area (Å²) in [6.07, 6.45) is -16.7. The molecule has 54 heavy (non-hydrogen) atoms. The first-order valence-corrected chi connectivity index (χ1v) is 22.6. The molecule has 312 valence electrons. The Bertz CT molecular complexity index is 1360. The number of rotatable bonds is 27. The quantitative estimate of drug-likeness (QED) is 0.0298. The lowest BCUT2D eigenvalue weighted by molar-refractivity contribution is -0.238. The van der Waals surface area contributed by atoms with Crippen molar-refractivity contribution in [3.8, 4) is 0 Å². The highest BCUT2D eigenvalue weighted by Crippen LogP contribution is 2.54. The van der Waals surface area contributed by atoms with Gasteiger partial charge < -0.3 is 44.2 Å². The molecule has 0 aromatic rings. The number of carboxylic acids is 3. The van der Waals surface area contributed by atoms with Crippen molar-refractivity contribution < 1.29 is 100 Å². The van der Waals surface area contributed by atoms with Crippen LogP contribution in [0.25, 0.3) is 0 Å². The lowest BCUT2D eigenvalue weighted by Gasteiger charge is -2.48. The molecule has 0 bridgehead atoms. The van der Waals surface area contributed by atoms with Crippen LogP contribution in [0.15, 0.2) is 0 Å². The first-order chi connectivity index (χ1) is 25.1. The van der Waals surface area contributed by atoms with E-state index < -0.39 is 114 Å². The molecular weight excluding hydrogens is 789 g/mol. The van der Waals surface area contributed by atoms with E-state index in [0.29, 0.717) is 38.5 Å². The van der Waals surface area contributed by atoms with Gasteiger partial charge in [0.15, 0.2) is 18.3 Å². The van der Waals surface area contributed by atoms with Crippen molar-refractivity contribution in [1.82, 2.24) is 0 Å². The van der Waals surface area contributed by atoms with E-state index in [-0.39, 0.29) is 38.5 Å². The molecule has 0 spiro atoms. The monoisotopic (exact) mass is 840 g/mol. The van der Waals surface area contributed by atoms with Gasteiger partial charge in [0, 0.05) is 19.3 Å². The van der Waals surface area contributed by atoms with E-state index >= 15 is 0 Å². The predicted molar refractivity (Wildman–Crippen MR) is 184 cm³/mol. The zero-order valence-electron chi connectivity index (χ0n) is 30.2. The van der Waals surface area contributed by atoms with Crippen molar-refractivity contribution >= 4 is 58.6 Å². The van der Waals surface area contributed by atoms with Gasteiger partial charge in [0.05, 0.1) is 0 Å². The van der Waals surface area contributed by atoms with Gasteiger partial charge >= 0.3 is 58.6 Å². The molecule has 0 heterocycles. The molecule has 1 fully saturated rings. The van der Waals surface area contributed by atoms with Crippen LogP contribution in [0, 0.1) is 0 Å². The molecular formula is C30H51O21P3. The number of hydrogen-bond donors (Lipinski definition) is 6. The van der Waals surface area contributed by atoms with Gasteiger partial charge in [-0.2, -0.15) is 0 Å². The molecule has 21 nitrogen and oxygen atoms in total. The van der Waals surface area contributed by atoms with Crippen molar-refractivity contribution in [2.24, 2.45) is 0 Å². The van der Waals surface area contributed by atoms with Crippen LogP contribution in [0.1, 0.15) is 97.8 Å². The second-order valence-electron chi connectivity index (χ2n) is 12.5. The molecule has 0 aromatic carbocycles. The molecule has 1 saturated carbocycles. The molecule has 1 rings (SSSR count). The first kappa shape index (κ1) is 49.3. The average molecular weight is 841 g/mol. The Labute approximate surface area is 311 Å². The Hall–Kier alpha value is -2.73. The summed E-state index contributed by atoms with van der Waals surface area (Å²) in [5.74, 6) is -9.08. The van der Waals surface area contributed by atoms with Crippen molar-refractivity contribution in [2.45, 2.75) is 134 Å². The van der Waals surface area contributed by atoms with Crippen LogP contribution in [0.4, 0.5) is 0 Å². The van der Waals surface area contributed by atoms with Crippen LogP contribution in [0.3, 0.4) is 0 Å². The highest BCUT2D eigenvalue weighted by Gasteiger charge is 2.62. The van der Waals surface area contributed by atoms with Crippen molar-refractivity contribution in [3.05, 3.63) is 0 Å². The van der Waals surface area contributed by atoms with Gasteiger partial charge in [0.2, 0.25) is 0 Å². The Morgan fingerprint density at radius 2 is 0.648 bits per heavy atom. The predicted octanol–water partition coefficient (Wildman–Crippen LogP) is 3.44. The van der Waals surface area contributed by atoms with E-state index in [4.69, 9.17) is 27.8 Å². The summed E-state index contributed by atoms with van der Waals surface area (Å²) in [5.41, 5.74) is 0. The average Bonchev–Trinajstić information content (AvgIpc) is 3.00. The molecule has 24 heteroatoms. The Balaban J connectivity index is 4.25. The van der Waals surface area contributed by atoms with Gasteiger partial charge in [-0.15, -0.1) is 0 Å². The van der Waals surface area contributed by atoms with Gasteiger partial charge in [-0.25, -0.2) is 0 Å². The minimum absolute atomic E-state index is 0.210. The molecule has 0 saturated heterocycles. The summed E-state index contributed by atoms with van der Waals surface area (Å²) in [7, 11) is -16.5. The third-order valence-corrected chi connectivity index (χ3v) is 11.3. The number of unbranched alkanes of at least 4 members (excludes halogenated alkanes) is 6. The maximum atomic E-state index is 13.2. The SMILES string of the molecule is CCCCCC(=O)OC1[C@@H](OC(=O)CCCCC)[C@H](OP(=O)(O)CC(=O)O)C(OP(=O)(O)CC(=O)O)[C@@H](OP(=O)(O)CC(=O)O)[C@H]1OC(=O)CCCCC. The smallest absolute Gasteiger partial charge is 0.339 e. The zero-order valence-corrected chi connectivity index (χ0v) is 32.9. The van der Waals surface area contributed by atoms with Crippen molar-refractivity contribution in [1.29, 1.82) is 0 Å². The van der Waals surface area contributed by atoms with Crippen LogP contribution in [-0.4, -0.2) is 121 Å². The number of aliphatic carboxylic acids is 3. The molecule has 1 aliphatic rings. The van der Waals surface area contributed by atoms with Crippen LogP contribution < -0.4 is 0 Å². The summed E-state index contributed by atoms with van der Waals surface area (Å²) in [5, 5.41) is 27.9. The second kappa shape index (κ2) is 23.4. The number of carbonyl (C=O) groups is 6. The van der Waals surface area contributed by atoms with Crippen LogP contribution in [0.5, 0.6) is 0 Å². The van der Waals surface area contributed by atoms with E-state index in [9.17, 15) is 72.5 Å². The van der Waals surface area contributed by atoms with Gasteiger partial charge in [-0.3, -0.25) is 56.0 Å². The Morgan fingerprint density at radius 1 is 0.426 bits per heavy atom. The van der Waals surface area contributed by atoms with Gasteiger partial charge in [0.1, 0.15) is 36.8 Å². The van der Waals surface area contributed by atoms with Gasteiger partial charge in [-0.1, -0.05) is 59.3 Å². The molecule has 9 atom stereocenters. The lowest BCUT2D eigenvalue weighted by atomic mass is 9.84. The van der Waals surface area contributed by atoms with Gasteiger partial charge in [0.25, 0.3) is 0 Å². The highest BCUT2D eigenvalue weighted by atomic mass is 31.2. The number of carboxylic acid groups (broad SMARTS) is 3. The Kier molecular flexibility index (Phi) is 21.3. The van der Waals surface area contributed by atoms with E-state index in [1.54, 1.807) is 0 Å². The second-order valence-corrected chi connectivity index (χ2v) is 17.9. The first-order valence-electron chi connectivity index (χ1n) is 17.3. The largest absolute Gasteiger partial charge is 0.481 e. The summed E-state index contributed by atoms with van der Waals surface area (Å²) < 4.78 is 71.8. The minimum Gasteiger partial charge on any atom is -0.481 e. The molecule has 5 unspecified atom stereocenters. The normalized spacial score (nSPS) is 24.6. The standard InChI is InChI=1S/C30H51O21P3/c1-4-7-10-13-22(37)46-25-26(47-23(38)14-11-8-5-2)28(49-52(40,41)16-19(31)32)30(51-54(44,45)18-21(35)36)29(50-53(42,43)17-20(33)34)27(25)48-24(39)15-12-9-6-3/h25-30H,4-18H2,1-3H3,(H,31,32)(H,33,34)(H,35,36)(H,40,41)(H,42,43)(H,44,45)/t25?,26-,27+,28-,29-,30?/m0/s1. The van der Waals surface area contributed by atoms with E-state index in [1.165, 1.54) is 0 Å². The third-order valence-electron chi connectivity index (χ3n) is 7.56. The van der Waals surface area contributed by atoms with Crippen LogP contribution >= 0.6 is 22.8 Å². The molecule has 0 radical (unpaired) electrons. The highest BCUT2D eigenvalue weighted by molar-refractivity contribution is 7.54. The fourth-order valence-corrected chi connectivity index (χ4v) is 8.38. The molecule has 0 aliphatic heterocycles. The fourth-order valence-electron chi connectivity index (χ4n) is 5.27. The van der Waals surface area contributed by atoms with E-state index in [2.05, 4.69) is 0 Å². The van der Waals surface area contributed by atoms with E-state index in [1.807, 2.05) is 20.8 Å². The molecule has 0 amide bonds. The summed E-state index contributed by atoms with van der Waals surface area (Å²) >= 11 is 0.